The molecule has 0 spiro atoms. The Bertz CT molecular complexity index is 1000. The number of hydrogen-bond acceptors (Lipinski definition) is 4. The molecule has 0 unspecified atom stereocenters. The van der Waals surface area contributed by atoms with Gasteiger partial charge in [-0.25, -0.2) is 21.2 Å². The largest absolute Gasteiger partial charge is 0.284 e. The standard InChI is InChI=1S/C16H17FN2O4S2/c1-24(20,21)18-15-5-2-12-8-9-19(11-13(12)10-15)25(22,23)16-6-3-14(17)4-7-16/h2-7,10,18H,8-9,11H2,1H3. The van der Waals surface area contributed by atoms with Crippen molar-refractivity contribution in [3.63, 3.8) is 0 Å². The van der Waals surface area contributed by atoms with E-state index < -0.39 is 25.9 Å². The minimum Gasteiger partial charge on any atom is -0.284 e. The highest BCUT2D eigenvalue weighted by Gasteiger charge is 2.28. The molecule has 6 nitrogen and oxygen atoms in total. The summed E-state index contributed by atoms with van der Waals surface area (Å²) in [4.78, 5) is 0.0303. The number of rotatable bonds is 4. The van der Waals surface area contributed by atoms with Crippen molar-refractivity contribution in [2.75, 3.05) is 17.5 Å². The van der Waals surface area contributed by atoms with E-state index in [9.17, 15) is 21.2 Å². The molecule has 2 aromatic carbocycles. The van der Waals surface area contributed by atoms with E-state index in [1.807, 2.05) is 0 Å². The molecule has 3 rings (SSSR count). The van der Waals surface area contributed by atoms with Gasteiger partial charge in [0.2, 0.25) is 20.0 Å². The number of halogens is 1. The van der Waals surface area contributed by atoms with Gasteiger partial charge in [0.25, 0.3) is 0 Å². The molecule has 0 saturated carbocycles. The van der Waals surface area contributed by atoms with Crippen LogP contribution in [0.15, 0.2) is 47.4 Å². The zero-order valence-electron chi connectivity index (χ0n) is 13.4. The van der Waals surface area contributed by atoms with Crippen LogP contribution in [0.3, 0.4) is 0 Å². The lowest BCUT2D eigenvalue weighted by molar-refractivity contribution is 0.391. The molecular formula is C16H17FN2O4S2. The van der Waals surface area contributed by atoms with Crippen LogP contribution in [0.2, 0.25) is 0 Å². The lowest BCUT2D eigenvalue weighted by atomic mass is 10.0. The molecule has 0 radical (unpaired) electrons. The first kappa shape index (κ1) is 17.8. The van der Waals surface area contributed by atoms with E-state index in [1.54, 1.807) is 18.2 Å². The molecule has 0 amide bonds. The van der Waals surface area contributed by atoms with Crippen LogP contribution in [0.25, 0.3) is 0 Å². The summed E-state index contributed by atoms with van der Waals surface area (Å²) in [7, 11) is -7.15. The molecule has 1 heterocycles. The van der Waals surface area contributed by atoms with E-state index in [1.165, 1.54) is 16.4 Å². The van der Waals surface area contributed by atoms with Gasteiger partial charge in [-0.2, -0.15) is 4.31 Å². The Hall–Kier alpha value is -1.97. The molecule has 1 aliphatic rings. The molecule has 0 saturated heterocycles. The molecule has 0 bridgehead atoms. The van der Waals surface area contributed by atoms with Gasteiger partial charge in [0, 0.05) is 18.8 Å². The Morgan fingerprint density at radius 3 is 2.32 bits per heavy atom. The molecule has 2 aromatic rings. The highest BCUT2D eigenvalue weighted by molar-refractivity contribution is 7.92. The normalized spacial score (nSPS) is 15.6. The molecule has 9 heteroatoms. The van der Waals surface area contributed by atoms with Crippen molar-refractivity contribution in [3.8, 4) is 0 Å². The average molecular weight is 384 g/mol. The highest BCUT2D eigenvalue weighted by Crippen LogP contribution is 2.27. The van der Waals surface area contributed by atoms with Gasteiger partial charge in [-0.05, 0) is 53.9 Å². The topological polar surface area (TPSA) is 83.6 Å². The van der Waals surface area contributed by atoms with E-state index >= 15 is 0 Å². The molecule has 25 heavy (non-hydrogen) atoms. The number of nitrogens with one attached hydrogen (secondary N) is 1. The summed E-state index contributed by atoms with van der Waals surface area (Å²) >= 11 is 0. The van der Waals surface area contributed by atoms with Crippen molar-refractivity contribution in [2.45, 2.75) is 17.9 Å². The van der Waals surface area contributed by atoms with Crippen LogP contribution in [0.5, 0.6) is 0 Å². The van der Waals surface area contributed by atoms with Crippen LogP contribution < -0.4 is 4.72 Å². The van der Waals surface area contributed by atoms with Crippen molar-refractivity contribution < 1.29 is 21.2 Å². The SMILES string of the molecule is CS(=O)(=O)Nc1ccc2c(c1)CN(S(=O)(=O)c1ccc(F)cc1)CC2. The van der Waals surface area contributed by atoms with Crippen molar-refractivity contribution in [3.05, 3.63) is 59.4 Å². The predicted molar refractivity (Wildman–Crippen MR) is 92.6 cm³/mol. The second-order valence-corrected chi connectivity index (χ2v) is 9.59. The predicted octanol–water partition coefficient (Wildman–Crippen LogP) is 1.94. The number of hydrogen-bond donors (Lipinski definition) is 1. The second kappa shape index (κ2) is 6.40. The number of anilines is 1. The lowest BCUT2D eigenvalue weighted by Gasteiger charge is -2.28. The number of nitrogens with zero attached hydrogens (tertiary/aromatic N) is 1. The maximum atomic E-state index is 13.0. The Morgan fingerprint density at radius 2 is 1.68 bits per heavy atom. The summed E-state index contributed by atoms with van der Waals surface area (Å²) in [6.45, 7) is 0.444. The highest BCUT2D eigenvalue weighted by atomic mass is 32.2. The maximum absolute atomic E-state index is 13.0. The molecule has 0 fully saturated rings. The second-order valence-electron chi connectivity index (χ2n) is 5.90. The van der Waals surface area contributed by atoms with Crippen molar-refractivity contribution in [1.29, 1.82) is 0 Å². The summed E-state index contributed by atoms with van der Waals surface area (Å²) in [5, 5.41) is 0. The van der Waals surface area contributed by atoms with Crippen LogP contribution in [0.4, 0.5) is 10.1 Å². The zero-order valence-corrected chi connectivity index (χ0v) is 15.1. The summed E-state index contributed by atoms with van der Waals surface area (Å²) in [6.07, 6.45) is 1.58. The Labute approximate surface area is 146 Å². The molecule has 1 N–H and O–H groups in total. The summed E-state index contributed by atoms with van der Waals surface area (Å²) in [6, 6.07) is 9.79. The Morgan fingerprint density at radius 1 is 1.00 bits per heavy atom. The first-order valence-electron chi connectivity index (χ1n) is 7.50. The van der Waals surface area contributed by atoms with Crippen LogP contribution >= 0.6 is 0 Å². The van der Waals surface area contributed by atoms with Crippen LogP contribution in [0.1, 0.15) is 11.1 Å². The fourth-order valence-electron chi connectivity index (χ4n) is 2.77. The maximum Gasteiger partial charge on any atom is 0.243 e. The minimum absolute atomic E-state index is 0.0303. The van der Waals surface area contributed by atoms with Crippen molar-refractivity contribution in [2.24, 2.45) is 0 Å². The van der Waals surface area contributed by atoms with Crippen molar-refractivity contribution in [1.82, 2.24) is 4.31 Å². The van der Waals surface area contributed by atoms with Gasteiger partial charge in [-0.3, -0.25) is 4.72 Å². The fourth-order valence-corrected chi connectivity index (χ4v) is 4.74. The first-order chi connectivity index (χ1) is 11.6. The third kappa shape index (κ3) is 4.00. The van der Waals surface area contributed by atoms with Gasteiger partial charge in [0.05, 0.1) is 11.2 Å². The number of benzene rings is 2. The van der Waals surface area contributed by atoms with Gasteiger partial charge in [0.1, 0.15) is 5.82 Å². The molecule has 0 aliphatic carbocycles. The van der Waals surface area contributed by atoms with Gasteiger partial charge in [-0.15, -0.1) is 0 Å². The van der Waals surface area contributed by atoms with Gasteiger partial charge >= 0.3 is 0 Å². The van der Waals surface area contributed by atoms with Gasteiger partial charge < -0.3 is 0 Å². The lowest BCUT2D eigenvalue weighted by Crippen LogP contribution is -2.36. The number of sulfonamides is 2. The smallest absolute Gasteiger partial charge is 0.243 e. The molecule has 134 valence electrons. The van der Waals surface area contributed by atoms with Gasteiger partial charge in [0.15, 0.2) is 0 Å². The van der Waals surface area contributed by atoms with Crippen molar-refractivity contribution >= 4 is 25.7 Å². The zero-order chi connectivity index (χ0) is 18.2. The average Bonchev–Trinajstić information content (AvgIpc) is 2.53. The third-order valence-electron chi connectivity index (χ3n) is 3.94. The molecule has 1 aliphatic heterocycles. The van der Waals surface area contributed by atoms with E-state index in [0.29, 0.717) is 18.7 Å². The van der Waals surface area contributed by atoms with E-state index in [2.05, 4.69) is 4.72 Å². The first-order valence-corrected chi connectivity index (χ1v) is 10.8. The van der Waals surface area contributed by atoms with Crippen LogP contribution in [-0.4, -0.2) is 33.9 Å². The molecule has 0 aromatic heterocycles. The van der Waals surface area contributed by atoms with Crippen LogP contribution in [0, 0.1) is 5.82 Å². The van der Waals surface area contributed by atoms with Crippen LogP contribution in [-0.2, 0) is 33.0 Å². The van der Waals surface area contributed by atoms with E-state index in [4.69, 9.17) is 0 Å². The Balaban J connectivity index is 1.89. The molecular weight excluding hydrogens is 367 g/mol. The van der Waals surface area contributed by atoms with Gasteiger partial charge in [-0.1, -0.05) is 6.07 Å². The molecule has 0 atom stereocenters. The summed E-state index contributed by atoms with van der Waals surface area (Å²) in [5.41, 5.74) is 2.11. The minimum atomic E-state index is -3.74. The number of fused-ring (bicyclic) bond motifs is 1. The quantitative estimate of drug-likeness (QED) is 0.873. The monoisotopic (exact) mass is 384 g/mol. The summed E-state index contributed by atoms with van der Waals surface area (Å²) in [5.74, 6) is -0.501. The third-order valence-corrected chi connectivity index (χ3v) is 6.40. The van der Waals surface area contributed by atoms with E-state index in [0.717, 1.165) is 29.5 Å². The van der Waals surface area contributed by atoms with E-state index in [-0.39, 0.29) is 11.4 Å². The Kier molecular flexibility index (Phi) is 4.56. The fraction of sp³-hybridized carbons (Fsp3) is 0.250. The summed E-state index contributed by atoms with van der Waals surface area (Å²) < 4.78 is 64.9.